The summed E-state index contributed by atoms with van der Waals surface area (Å²) in [5.41, 5.74) is 2.02. The number of nitrogens with zero attached hydrogens (tertiary/aromatic N) is 4. The van der Waals surface area contributed by atoms with Crippen molar-refractivity contribution in [1.82, 2.24) is 9.97 Å². The highest BCUT2D eigenvalue weighted by Gasteiger charge is 2.19. The van der Waals surface area contributed by atoms with Crippen molar-refractivity contribution in [2.24, 2.45) is 0 Å². The molecule has 1 heterocycles. The van der Waals surface area contributed by atoms with E-state index in [9.17, 15) is 10.1 Å². The van der Waals surface area contributed by atoms with Crippen LogP contribution in [0.15, 0.2) is 29.3 Å². The Morgan fingerprint density at radius 1 is 1.25 bits per heavy atom. The summed E-state index contributed by atoms with van der Waals surface area (Å²) >= 11 is 1.21. The standard InChI is InChI=1S/C17H15N5OS/c1-10-15(9-19)17(21-12(3)20-10)24-11(2)16(23)22-14-6-4-5-13(7-14)8-18/h4-7,11H,1-3H3,(H,22,23). The predicted octanol–water partition coefficient (Wildman–Crippen LogP) is 2.96. The van der Waals surface area contributed by atoms with Crippen LogP contribution in [-0.2, 0) is 4.79 Å². The van der Waals surface area contributed by atoms with E-state index in [2.05, 4.69) is 21.4 Å². The van der Waals surface area contributed by atoms with Crippen LogP contribution in [0.25, 0.3) is 0 Å². The number of aryl methyl sites for hydroxylation is 2. The lowest BCUT2D eigenvalue weighted by Gasteiger charge is -2.13. The molecule has 0 spiro atoms. The predicted molar refractivity (Wildman–Crippen MR) is 91.3 cm³/mol. The number of carbonyl (C=O) groups excluding carboxylic acids is 1. The first-order valence-corrected chi connectivity index (χ1v) is 8.05. The van der Waals surface area contributed by atoms with E-state index in [-0.39, 0.29) is 5.91 Å². The van der Waals surface area contributed by atoms with E-state index < -0.39 is 5.25 Å². The fourth-order valence-electron chi connectivity index (χ4n) is 2.03. The molecule has 1 amide bonds. The van der Waals surface area contributed by atoms with Gasteiger partial charge in [-0.2, -0.15) is 10.5 Å². The number of hydrogen-bond donors (Lipinski definition) is 1. The topological polar surface area (TPSA) is 102 Å². The van der Waals surface area contributed by atoms with Gasteiger partial charge in [0, 0.05) is 5.69 Å². The Bertz CT molecular complexity index is 866. The Balaban J connectivity index is 2.15. The van der Waals surface area contributed by atoms with Crippen molar-refractivity contribution in [2.45, 2.75) is 31.0 Å². The van der Waals surface area contributed by atoms with Crippen LogP contribution in [0.2, 0.25) is 0 Å². The molecule has 0 saturated heterocycles. The summed E-state index contributed by atoms with van der Waals surface area (Å²) in [7, 11) is 0. The van der Waals surface area contributed by atoms with E-state index in [1.165, 1.54) is 11.8 Å². The van der Waals surface area contributed by atoms with Gasteiger partial charge in [-0.25, -0.2) is 9.97 Å². The fourth-order valence-corrected chi connectivity index (χ4v) is 3.02. The summed E-state index contributed by atoms with van der Waals surface area (Å²) < 4.78 is 0. The Morgan fingerprint density at radius 2 is 2.00 bits per heavy atom. The largest absolute Gasteiger partial charge is 0.325 e. The van der Waals surface area contributed by atoms with E-state index in [0.717, 1.165) is 0 Å². The molecule has 2 aromatic rings. The zero-order valence-corrected chi connectivity index (χ0v) is 14.3. The van der Waals surface area contributed by atoms with Gasteiger partial charge in [-0.1, -0.05) is 17.8 Å². The Kier molecular flexibility index (Phi) is 5.51. The maximum absolute atomic E-state index is 12.3. The van der Waals surface area contributed by atoms with Crippen LogP contribution in [0.1, 0.15) is 29.6 Å². The first kappa shape index (κ1) is 17.5. The van der Waals surface area contributed by atoms with Crippen molar-refractivity contribution in [3.8, 4) is 12.1 Å². The van der Waals surface area contributed by atoms with Gasteiger partial charge in [0.1, 0.15) is 22.5 Å². The van der Waals surface area contributed by atoms with E-state index in [1.54, 1.807) is 45.0 Å². The van der Waals surface area contributed by atoms with Crippen molar-refractivity contribution < 1.29 is 4.79 Å². The van der Waals surface area contributed by atoms with Crippen LogP contribution in [0, 0.1) is 36.5 Å². The van der Waals surface area contributed by atoms with E-state index in [1.807, 2.05) is 6.07 Å². The summed E-state index contributed by atoms with van der Waals surface area (Å²) in [6.45, 7) is 5.23. The molecule has 24 heavy (non-hydrogen) atoms. The van der Waals surface area contributed by atoms with Gasteiger partial charge >= 0.3 is 0 Å². The number of thioether (sulfide) groups is 1. The second-order valence-corrected chi connectivity index (χ2v) is 6.42. The Morgan fingerprint density at radius 3 is 2.67 bits per heavy atom. The average molecular weight is 337 g/mol. The number of aromatic nitrogens is 2. The summed E-state index contributed by atoms with van der Waals surface area (Å²) in [4.78, 5) is 20.8. The number of carbonyl (C=O) groups is 1. The molecule has 7 heteroatoms. The molecule has 1 aromatic carbocycles. The van der Waals surface area contributed by atoms with Gasteiger partial charge in [0.25, 0.3) is 0 Å². The lowest BCUT2D eigenvalue weighted by atomic mass is 10.2. The van der Waals surface area contributed by atoms with Gasteiger partial charge in [-0.05, 0) is 39.0 Å². The molecule has 0 radical (unpaired) electrons. The Labute approximate surface area is 144 Å². The zero-order chi connectivity index (χ0) is 17.7. The highest BCUT2D eigenvalue weighted by Crippen LogP contribution is 2.27. The smallest absolute Gasteiger partial charge is 0.237 e. The van der Waals surface area contributed by atoms with Crippen molar-refractivity contribution in [3.05, 3.63) is 46.9 Å². The van der Waals surface area contributed by atoms with Crippen LogP contribution >= 0.6 is 11.8 Å². The third kappa shape index (κ3) is 4.09. The molecule has 1 aromatic heterocycles. The van der Waals surface area contributed by atoms with Crippen LogP contribution in [0.3, 0.4) is 0 Å². The minimum atomic E-state index is -0.462. The second-order valence-electron chi connectivity index (χ2n) is 5.09. The highest BCUT2D eigenvalue weighted by atomic mass is 32.2. The monoisotopic (exact) mass is 337 g/mol. The molecule has 1 unspecified atom stereocenters. The Hall–Kier alpha value is -2.90. The van der Waals surface area contributed by atoms with Gasteiger partial charge < -0.3 is 5.32 Å². The molecule has 0 aliphatic carbocycles. The number of hydrogen-bond acceptors (Lipinski definition) is 6. The molecule has 2 rings (SSSR count). The first-order valence-electron chi connectivity index (χ1n) is 7.17. The SMILES string of the molecule is Cc1nc(C)c(C#N)c(SC(C)C(=O)Nc2cccc(C#N)c2)n1. The molecule has 0 saturated carbocycles. The van der Waals surface area contributed by atoms with Gasteiger partial charge in [0.05, 0.1) is 22.6 Å². The molecular formula is C17H15N5OS. The van der Waals surface area contributed by atoms with Crippen LogP contribution in [0.4, 0.5) is 5.69 Å². The number of benzene rings is 1. The summed E-state index contributed by atoms with van der Waals surface area (Å²) in [5.74, 6) is 0.330. The maximum atomic E-state index is 12.3. The van der Waals surface area contributed by atoms with Crippen LogP contribution in [-0.4, -0.2) is 21.1 Å². The van der Waals surface area contributed by atoms with Crippen LogP contribution < -0.4 is 5.32 Å². The second kappa shape index (κ2) is 7.58. The number of nitrogens with one attached hydrogen (secondary N) is 1. The van der Waals surface area contributed by atoms with Gasteiger partial charge in [0.2, 0.25) is 5.91 Å². The van der Waals surface area contributed by atoms with E-state index in [4.69, 9.17) is 5.26 Å². The molecular weight excluding hydrogens is 322 g/mol. The van der Waals surface area contributed by atoms with E-state index >= 15 is 0 Å². The third-order valence-electron chi connectivity index (χ3n) is 3.20. The third-order valence-corrected chi connectivity index (χ3v) is 4.28. The molecule has 6 nitrogen and oxygen atoms in total. The summed E-state index contributed by atoms with van der Waals surface area (Å²) in [5, 5.41) is 21.0. The van der Waals surface area contributed by atoms with Crippen molar-refractivity contribution in [1.29, 1.82) is 10.5 Å². The zero-order valence-electron chi connectivity index (χ0n) is 13.5. The van der Waals surface area contributed by atoms with Crippen molar-refractivity contribution >= 4 is 23.4 Å². The normalized spacial score (nSPS) is 11.2. The van der Waals surface area contributed by atoms with Gasteiger partial charge in [-0.3, -0.25) is 4.79 Å². The number of nitriles is 2. The molecule has 1 N–H and O–H groups in total. The first-order chi connectivity index (χ1) is 11.4. The highest BCUT2D eigenvalue weighted by molar-refractivity contribution is 8.00. The van der Waals surface area contributed by atoms with Gasteiger partial charge in [0.15, 0.2) is 0 Å². The molecule has 0 bridgehead atoms. The van der Waals surface area contributed by atoms with Gasteiger partial charge in [-0.15, -0.1) is 0 Å². The molecule has 0 fully saturated rings. The summed E-state index contributed by atoms with van der Waals surface area (Å²) in [6, 6.07) is 10.8. The van der Waals surface area contributed by atoms with Crippen molar-refractivity contribution in [2.75, 3.05) is 5.32 Å². The summed E-state index contributed by atoms with van der Waals surface area (Å²) in [6.07, 6.45) is 0. The lowest BCUT2D eigenvalue weighted by Crippen LogP contribution is -2.22. The lowest BCUT2D eigenvalue weighted by molar-refractivity contribution is -0.115. The molecule has 0 aliphatic rings. The minimum Gasteiger partial charge on any atom is -0.325 e. The molecule has 1 atom stereocenters. The number of rotatable bonds is 4. The van der Waals surface area contributed by atoms with Crippen molar-refractivity contribution in [3.63, 3.8) is 0 Å². The average Bonchev–Trinajstić information content (AvgIpc) is 2.54. The molecule has 0 aliphatic heterocycles. The van der Waals surface area contributed by atoms with E-state index in [0.29, 0.717) is 33.4 Å². The maximum Gasteiger partial charge on any atom is 0.237 e. The quantitative estimate of drug-likeness (QED) is 0.679. The number of anilines is 1. The number of amides is 1. The van der Waals surface area contributed by atoms with Crippen LogP contribution in [0.5, 0.6) is 0 Å². The molecule has 120 valence electrons. The fraction of sp³-hybridized carbons (Fsp3) is 0.235. The minimum absolute atomic E-state index is 0.229.